The molecule has 0 amide bonds. The van der Waals surface area contributed by atoms with Crippen LogP contribution in [0.1, 0.15) is 23.1 Å². The van der Waals surface area contributed by atoms with Crippen molar-refractivity contribution >= 4 is 17.6 Å². The maximum atomic E-state index is 8.84. The van der Waals surface area contributed by atoms with E-state index < -0.39 is 0 Å². The molecule has 0 radical (unpaired) electrons. The first-order valence-electron chi connectivity index (χ1n) is 7.36. The van der Waals surface area contributed by atoms with Crippen LogP contribution < -0.4 is 5.32 Å². The molecule has 0 bridgehead atoms. The molecule has 2 aromatic rings. The van der Waals surface area contributed by atoms with Gasteiger partial charge in [0.2, 0.25) is 0 Å². The highest BCUT2D eigenvalue weighted by atomic mass is 32.2. The van der Waals surface area contributed by atoms with E-state index in [0.717, 1.165) is 31.1 Å². The number of hydrogen-bond acceptors (Lipinski definition) is 4. The van der Waals surface area contributed by atoms with Gasteiger partial charge in [0, 0.05) is 29.3 Å². The fraction of sp³-hybridized carbons (Fsp3) is 0.222. The maximum Gasteiger partial charge on any atom is 0.129 e. The van der Waals surface area contributed by atoms with Crippen LogP contribution in [0.2, 0.25) is 0 Å². The molecule has 0 unspecified atom stereocenters. The highest BCUT2D eigenvalue weighted by molar-refractivity contribution is 7.98. The zero-order valence-electron chi connectivity index (χ0n) is 12.2. The zero-order chi connectivity index (χ0) is 15.2. The van der Waals surface area contributed by atoms with Crippen LogP contribution in [-0.4, -0.2) is 18.9 Å². The van der Waals surface area contributed by atoms with Crippen molar-refractivity contribution in [1.82, 2.24) is 5.32 Å². The van der Waals surface area contributed by atoms with E-state index >= 15 is 0 Å². The van der Waals surface area contributed by atoms with Gasteiger partial charge < -0.3 is 5.32 Å². The van der Waals surface area contributed by atoms with Crippen molar-refractivity contribution in [3.63, 3.8) is 0 Å². The Morgan fingerprint density at radius 3 is 2.68 bits per heavy atom. The minimum atomic E-state index is 0.704. The van der Waals surface area contributed by atoms with Gasteiger partial charge in [-0.2, -0.15) is 5.26 Å². The average molecular weight is 307 g/mol. The van der Waals surface area contributed by atoms with Gasteiger partial charge in [-0.05, 0) is 30.2 Å². The highest BCUT2D eigenvalue weighted by Gasteiger charge is 2.11. The summed E-state index contributed by atoms with van der Waals surface area (Å²) in [5.74, 6) is 1.89. The first-order valence-corrected chi connectivity index (χ1v) is 8.35. The molecule has 0 atom stereocenters. The third kappa shape index (κ3) is 3.49. The highest BCUT2D eigenvalue weighted by Crippen LogP contribution is 2.27. The third-order valence-electron chi connectivity index (χ3n) is 3.52. The number of aliphatic imine (C=N–C) groups is 1. The summed E-state index contributed by atoms with van der Waals surface area (Å²) in [7, 11) is 0. The Morgan fingerprint density at radius 2 is 1.95 bits per heavy atom. The van der Waals surface area contributed by atoms with Gasteiger partial charge in [-0.25, -0.2) is 0 Å². The molecule has 1 aliphatic rings. The number of hydrogen-bond donors (Lipinski definition) is 1. The van der Waals surface area contributed by atoms with Gasteiger partial charge in [0.1, 0.15) is 5.84 Å². The summed E-state index contributed by atoms with van der Waals surface area (Å²) in [5.41, 5.74) is 3.10. The van der Waals surface area contributed by atoms with Crippen LogP contribution in [0.15, 0.2) is 58.4 Å². The lowest BCUT2D eigenvalue weighted by atomic mass is 10.2. The van der Waals surface area contributed by atoms with Crippen LogP contribution in [0.3, 0.4) is 0 Å². The van der Waals surface area contributed by atoms with Crippen molar-refractivity contribution in [3.8, 4) is 6.07 Å². The minimum absolute atomic E-state index is 0.704. The number of rotatable bonds is 4. The SMILES string of the molecule is N#Cc1ccc(CSc2ccccc2C2=NCCCN2)cc1. The van der Waals surface area contributed by atoms with Gasteiger partial charge in [0.05, 0.1) is 11.6 Å². The minimum Gasteiger partial charge on any atom is -0.370 e. The summed E-state index contributed by atoms with van der Waals surface area (Å²) in [6.07, 6.45) is 1.10. The lowest BCUT2D eigenvalue weighted by Crippen LogP contribution is -2.30. The van der Waals surface area contributed by atoms with Crippen molar-refractivity contribution in [2.45, 2.75) is 17.1 Å². The molecule has 0 saturated heterocycles. The van der Waals surface area contributed by atoms with Gasteiger partial charge in [-0.1, -0.05) is 30.3 Å². The van der Waals surface area contributed by atoms with Gasteiger partial charge in [0.25, 0.3) is 0 Å². The molecule has 0 fully saturated rings. The van der Waals surface area contributed by atoms with E-state index in [4.69, 9.17) is 5.26 Å². The molecule has 0 aliphatic carbocycles. The van der Waals surface area contributed by atoms with Crippen LogP contribution >= 0.6 is 11.8 Å². The van der Waals surface area contributed by atoms with Crippen molar-refractivity contribution in [3.05, 3.63) is 65.2 Å². The molecule has 0 aromatic heterocycles. The quantitative estimate of drug-likeness (QED) is 0.878. The van der Waals surface area contributed by atoms with Gasteiger partial charge in [0.15, 0.2) is 0 Å². The van der Waals surface area contributed by atoms with Crippen LogP contribution in [-0.2, 0) is 5.75 Å². The third-order valence-corrected chi connectivity index (χ3v) is 4.66. The molecule has 0 spiro atoms. The zero-order valence-corrected chi connectivity index (χ0v) is 13.1. The molecule has 3 rings (SSSR count). The van der Waals surface area contributed by atoms with E-state index in [-0.39, 0.29) is 0 Å². The summed E-state index contributed by atoms with van der Waals surface area (Å²) >= 11 is 1.80. The number of amidine groups is 1. The van der Waals surface area contributed by atoms with E-state index in [0.29, 0.717) is 5.56 Å². The Bertz CT molecular complexity index is 714. The molecule has 3 nitrogen and oxygen atoms in total. The molecule has 0 saturated carbocycles. The number of thioether (sulfide) groups is 1. The monoisotopic (exact) mass is 307 g/mol. The summed E-state index contributed by atoms with van der Waals surface area (Å²) in [6, 6.07) is 18.3. The Labute approximate surface area is 135 Å². The van der Waals surface area contributed by atoms with Crippen LogP contribution in [0, 0.1) is 11.3 Å². The maximum absolute atomic E-state index is 8.84. The molecular formula is C18H17N3S. The smallest absolute Gasteiger partial charge is 0.129 e. The standard InChI is InChI=1S/C18H17N3S/c19-12-14-6-8-15(9-7-14)13-22-17-5-2-1-4-16(17)18-20-10-3-11-21-18/h1-2,4-9H,3,10-11,13H2,(H,20,21). The van der Waals surface area contributed by atoms with Crippen molar-refractivity contribution in [1.29, 1.82) is 5.26 Å². The van der Waals surface area contributed by atoms with E-state index in [1.165, 1.54) is 16.0 Å². The molecule has 1 aliphatic heterocycles. The number of benzene rings is 2. The first kappa shape index (κ1) is 14.7. The molecule has 2 aromatic carbocycles. The summed E-state index contributed by atoms with van der Waals surface area (Å²) < 4.78 is 0. The fourth-order valence-corrected chi connectivity index (χ4v) is 3.35. The van der Waals surface area contributed by atoms with E-state index in [9.17, 15) is 0 Å². The Morgan fingerprint density at radius 1 is 1.14 bits per heavy atom. The summed E-state index contributed by atoms with van der Waals surface area (Å²) in [4.78, 5) is 5.83. The lowest BCUT2D eigenvalue weighted by Gasteiger charge is -2.17. The van der Waals surface area contributed by atoms with Crippen LogP contribution in [0.5, 0.6) is 0 Å². The summed E-state index contributed by atoms with van der Waals surface area (Å²) in [5, 5.41) is 12.2. The van der Waals surface area contributed by atoms with Crippen molar-refractivity contribution < 1.29 is 0 Å². The summed E-state index contributed by atoms with van der Waals surface area (Å²) in [6.45, 7) is 1.89. The second-order valence-electron chi connectivity index (χ2n) is 5.10. The predicted octanol–water partition coefficient (Wildman–Crippen LogP) is 3.59. The van der Waals surface area contributed by atoms with Crippen LogP contribution in [0.4, 0.5) is 0 Å². The normalized spacial score (nSPS) is 13.9. The number of nitriles is 1. The first-order chi connectivity index (χ1) is 10.9. The fourth-order valence-electron chi connectivity index (χ4n) is 2.34. The second kappa shape index (κ2) is 7.15. The van der Waals surface area contributed by atoms with Crippen LogP contribution in [0.25, 0.3) is 0 Å². The molecule has 4 heteroatoms. The van der Waals surface area contributed by atoms with Gasteiger partial charge >= 0.3 is 0 Å². The predicted molar refractivity (Wildman–Crippen MR) is 91.2 cm³/mol. The molecule has 110 valence electrons. The Kier molecular flexibility index (Phi) is 4.77. The Balaban J connectivity index is 1.75. The lowest BCUT2D eigenvalue weighted by molar-refractivity contribution is 0.741. The van der Waals surface area contributed by atoms with E-state index in [1.807, 2.05) is 24.3 Å². The second-order valence-corrected chi connectivity index (χ2v) is 6.12. The largest absolute Gasteiger partial charge is 0.370 e. The molecule has 1 heterocycles. The molecular weight excluding hydrogens is 290 g/mol. The topological polar surface area (TPSA) is 48.2 Å². The molecule has 1 N–H and O–H groups in total. The van der Waals surface area contributed by atoms with Gasteiger partial charge in [-0.3, -0.25) is 4.99 Å². The van der Waals surface area contributed by atoms with Crippen molar-refractivity contribution in [2.75, 3.05) is 13.1 Å². The van der Waals surface area contributed by atoms with E-state index in [2.05, 4.69) is 40.6 Å². The molecule has 22 heavy (non-hydrogen) atoms. The number of nitrogens with one attached hydrogen (secondary N) is 1. The van der Waals surface area contributed by atoms with Crippen molar-refractivity contribution in [2.24, 2.45) is 4.99 Å². The number of nitrogens with zero attached hydrogens (tertiary/aromatic N) is 2. The van der Waals surface area contributed by atoms with E-state index in [1.54, 1.807) is 11.8 Å². The van der Waals surface area contributed by atoms with Gasteiger partial charge in [-0.15, -0.1) is 11.8 Å². The Hall–Kier alpha value is -2.25. The average Bonchev–Trinajstić information content (AvgIpc) is 2.61.